The Labute approximate surface area is 118 Å². The smallest absolute Gasteiger partial charge is 0.282 e. The molecule has 4 nitrogen and oxygen atoms in total. The molecular formula is C15H15NO3S. The lowest BCUT2D eigenvalue weighted by Gasteiger charge is -2.02. The molecule has 2 rings (SSSR count). The van der Waals surface area contributed by atoms with Gasteiger partial charge in [0.1, 0.15) is 5.75 Å². The molecule has 0 amide bonds. The van der Waals surface area contributed by atoms with E-state index in [-0.39, 0.29) is 4.90 Å². The summed E-state index contributed by atoms with van der Waals surface area (Å²) in [4.78, 5) is 0.227. The van der Waals surface area contributed by atoms with Gasteiger partial charge in [0.25, 0.3) is 10.0 Å². The first-order valence-corrected chi connectivity index (χ1v) is 7.47. The van der Waals surface area contributed by atoms with Gasteiger partial charge in [0.05, 0.1) is 12.0 Å². The van der Waals surface area contributed by atoms with Crippen molar-refractivity contribution in [2.45, 2.75) is 11.8 Å². The van der Waals surface area contributed by atoms with Crippen molar-refractivity contribution in [3.05, 3.63) is 59.7 Å². The largest absolute Gasteiger partial charge is 0.497 e. The van der Waals surface area contributed by atoms with E-state index >= 15 is 0 Å². The quantitative estimate of drug-likeness (QED) is 0.813. The highest BCUT2D eigenvalue weighted by Gasteiger charge is 2.13. The lowest BCUT2D eigenvalue weighted by molar-refractivity contribution is 0.415. The van der Waals surface area contributed by atoms with Crippen LogP contribution in [0.3, 0.4) is 0 Å². The molecule has 0 heterocycles. The molecule has 104 valence electrons. The van der Waals surface area contributed by atoms with Crippen molar-refractivity contribution < 1.29 is 13.2 Å². The zero-order valence-corrected chi connectivity index (χ0v) is 12.1. The van der Waals surface area contributed by atoms with E-state index < -0.39 is 10.0 Å². The number of hydrogen-bond acceptors (Lipinski definition) is 3. The molecule has 0 aliphatic heterocycles. The first-order valence-electron chi connectivity index (χ1n) is 6.03. The summed E-state index contributed by atoms with van der Waals surface area (Å²) in [5.74, 6) is 0.712. The van der Waals surface area contributed by atoms with Crippen LogP contribution in [0.2, 0.25) is 0 Å². The van der Waals surface area contributed by atoms with Gasteiger partial charge < -0.3 is 4.74 Å². The molecule has 0 atom stereocenters. The van der Waals surface area contributed by atoms with E-state index in [0.717, 1.165) is 0 Å². The Bertz CT molecular complexity index is 719. The minimum Gasteiger partial charge on any atom is -0.497 e. The summed E-state index contributed by atoms with van der Waals surface area (Å²) in [6.45, 7) is 1.75. The second-order valence-corrected chi connectivity index (χ2v) is 5.85. The molecule has 0 aliphatic carbocycles. The van der Waals surface area contributed by atoms with Gasteiger partial charge in [0, 0.05) is 6.21 Å². The monoisotopic (exact) mass is 289 g/mol. The molecule has 0 unspecified atom stereocenters. The molecule has 0 saturated carbocycles. The van der Waals surface area contributed by atoms with Gasteiger partial charge in [-0.3, -0.25) is 0 Å². The highest BCUT2D eigenvalue weighted by molar-refractivity contribution is 7.90. The van der Waals surface area contributed by atoms with Crippen LogP contribution in [0.1, 0.15) is 11.1 Å². The van der Waals surface area contributed by atoms with E-state index in [1.54, 1.807) is 62.6 Å². The molecule has 0 bridgehead atoms. The number of benzene rings is 2. The lowest BCUT2D eigenvalue weighted by atomic mass is 10.2. The third kappa shape index (κ3) is 3.24. The van der Waals surface area contributed by atoms with Crippen LogP contribution in [-0.2, 0) is 10.0 Å². The van der Waals surface area contributed by atoms with Gasteiger partial charge >= 0.3 is 0 Å². The molecule has 0 saturated heterocycles. The van der Waals surface area contributed by atoms with Crippen molar-refractivity contribution in [1.29, 1.82) is 0 Å². The number of nitrogens with zero attached hydrogens (tertiary/aromatic N) is 1. The summed E-state index contributed by atoms with van der Waals surface area (Å²) in [6.07, 6.45) is 1.33. The summed E-state index contributed by atoms with van der Waals surface area (Å²) in [7, 11) is -2.09. The van der Waals surface area contributed by atoms with E-state index in [9.17, 15) is 8.42 Å². The minimum atomic E-state index is -3.67. The Morgan fingerprint density at radius 1 is 1.05 bits per heavy atom. The first kappa shape index (κ1) is 14.3. The second-order valence-electron chi connectivity index (χ2n) is 4.25. The fourth-order valence-corrected chi connectivity index (χ4v) is 2.82. The van der Waals surface area contributed by atoms with Crippen molar-refractivity contribution in [3.63, 3.8) is 0 Å². The molecule has 0 aliphatic rings. The van der Waals surface area contributed by atoms with Gasteiger partial charge in [-0.25, -0.2) is 0 Å². The van der Waals surface area contributed by atoms with Crippen molar-refractivity contribution in [2.75, 3.05) is 7.11 Å². The Morgan fingerprint density at radius 3 is 2.30 bits per heavy atom. The van der Waals surface area contributed by atoms with Crippen LogP contribution in [0.15, 0.2) is 57.8 Å². The van der Waals surface area contributed by atoms with Gasteiger partial charge in [0.15, 0.2) is 0 Å². The summed E-state index contributed by atoms with van der Waals surface area (Å²) in [6, 6.07) is 13.8. The van der Waals surface area contributed by atoms with Gasteiger partial charge in [-0.1, -0.05) is 18.2 Å². The predicted molar refractivity (Wildman–Crippen MR) is 79.0 cm³/mol. The van der Waals surface area contributed by atoms with Crippen LogP contribution in [0, 0.1) is 6.92 Å². The molecule has 5 heteroatoms. The van der Waals surface area contributed by atoms with Crippen molar-refractivity contribution in [2.24, 2.45) is 4.40 Å². The van der Waals surface area contributed by atoms with Crippen LogP contribution >= 0.6 is 0 Å². The standard InChI is InChI=1S/C15H15NO3S/c1-12-5-3-4-6-15(12)20(17,18)16-11-13-7-9-14(19-2)10-8-13/h3-11H,1-2H3. The van der Waals surface area contributed by atoms with Crippen molar-refractivity contribution in [1.82, 2.24) is 0 Å². The maximum absolute atomic E-state index is 12.1. The van der Waals surface area contributed by atoms with Crippen LogP contribution in [0.5, 0.6) is 5.75 Å². The SMILES string of the molecule is COc1ccc(C=NS(=O)(=O)c2ccccc2C)cc1. The summed E-state index contributed by atoms with van der Waals surface area (Å²) in [5.41, 5.74) is 1.38. The van der Waals surface area contributed by atoms with Crippen LogP contribution in [-0.4, -0.2) is 21.7 Å². The van der Waals surface area contributed by atoms with E-state index in [1.165, 1.54) is 6.21 Å². The van der Waals surface area contributed by atoms with E-state index in [4.69, 9.17) is 4.74 Å². The lowest BCUT2D eigenvalue weighted by Crippen LogP contribution is -2.00. The maximum atomic E-state index is 12.1. The second kappa shape index (κ2) is 5.88. The van der Waals surface area contributed by atoms with Crippen LogP contribution in [0.4, 0.5) is 0 Å². The molecule has 0 radical (unpaired) electrons. The highest BCUT2D eigenvalue weighted by Crippen LogP contribution is 2.17. The fraction of sp³-hybridized carbons (Fsp3) is 0.133. The average Bonchev–Trinajstić information content (AvgIpc) is 2.46. The summed E-state index contributed by atoms with van der Waals surface area (Å²) in [5, 5.41) is 0. The fourth-order valence-electron chi connectivity index (χ4n) is 1.72. The Morgan fingerprint density at radius 2 is 1.70 bits per heavy atom. The number of methoxy groups -OCH3 is 1. The average molecular weight is 289 g/mol. The number of aryl methyl sites for hydroxylation is 1. The van der Waals surface area contributed by atoms with Gasteiger partial charge in [0.2, 0.25) is 0 Å². The Balaban J connectivity index is 2.28. The molecule has 0 N–H and O–H groups in total. The van der Waals surface area contributed by atoms with E-state index in [1.807, 2.05) is 0 Å². The normalized spacial score (nSPS) is 11.7. The number of ether oxygens (including phenoxy) is 1. The van der Waals surface area contributed by atoms with Crippen molar-refractivity contribution >= 4 is 16.2 Å². The Hall–Kier alpha value is -2.14. The number of sulfonamides is 1. The summed E-state index contributed by atoms with van der Waals surface area (Å²) < 4.78 is 33.0. The van der Waals surface area contributed by atoms with Gasteiger partial charge in [-0.2, -0.15) is 12.8 Å². The zero-order chi connectivity index (χ0) is 14.6. The molecule has 0 fully saturated rings. The number of rotatable bonds is 4. The molecule has 2 aromatic carbocycles. The minimum absolute atomic E-state index is 0.227. The summed E-state index contributed by atoms with van der Waals surface area (Å²) >= 11 is 0. The topological polar surface area (TPSA) is 55.7 Å². The molecule has 0 spiro atoms. The predicted octanol–water partition coefficient (Wildman–Crippen LogP) is 2.81. The zero-order valence-electron chi connectivity index (χ0n) is 11.3. The number of hydrogen-bond donors (Lipinski definition) is 0. The molecule has 2 aromatic rings. The first-order chi connectivity index (χ1) is 9.53. The van der Waals surface area contributed by atoms with Gasteiger partial charge in [-0.15, -0.1) is 0 Å². The van der Waals surface area contributed by atoms with E-state index in [0.29, 0.717) is 16.9 Å². The van der Waals surface area contributed by atoms with E-state index in [2.05, 4.69) is 4.40 Å². The van der Waals surface area contributed by atoms with Crippen molar-refractivity contribution in [3.8, 4) is 5.75 Å². The maximum Gasteiger partial charge on any atom is 0.282 e. The third-order valence-electron chi connectivity index (χ3n) is 2.83. The van der Waals surface area contributed by atoms with Crippen LogP contribution < -0.4 is 4.74 Å². The molecule has 0 aromatic heterocycles. The van der Waals surface area contributed by atoms with Crippen LogP contribution in [0.25, 0.3) is 0 Å². The third-order valence-corrected chi connectivity index (χ3v) is 4.22. The molecular weight excluding hydrogens is 274 g/mol. The Kier molecular flexibility index (Phi) is 4.20. The van der Waals surface area contributed by atoms with Gasteiger partial charge in [-0.05, 0) is 48.4 Å². The highest BCUT2D eigenvalue weighted by atomic mass is 32.2. The molecule has 20 heavy (non-hydrogen) atoms.